The molecule has 6 heteroatoms. The average molecular weight is 278 g/mol. The Morgan fingerprint density at radius 2 is 2.10 bits per heavy atom. The van der Waals surface area contributed by atoms with Gasteiger partial charge in [-0.15, -0.1) is 0 Å². The molecule has 0 aliphatic carbocycles. The van der Waals surface area contributed by atoms with Crippen LogP contribution in [-0.4, -0.2) is 45.8 Å². The van der Waals surface area contributed by atoms with Crippen LogP contribution in [-0.2, 0) is 0 Å². The van der Waals surface area contributed by atoms with Gasteiger partial charge < -0.3 is 20.4 Å². The Morgan fingerprint density at radius 1 is 1.40 bits per heavy atom. The van der Waals surface area contributed by atoms with E-state index in [9.17, 15) is 14.7 Å². The van der Waals surface area contributed by atoms with Crippen LogP contribution in [0, 0.1) is 6.92 Å². The molecule has 0 bridgehead atoms. The van der Waals surface area contributed by atoms with Crippen LogP contribution in [0.4, 0.5) is 10.5 Å². The summed E-state index contributed by atoms with van der Waals surface area (Å²) in [5, 5.41) is 21.5. The molecule has 20 heavy (non-hydrogen) atoms. The van der Waals surface area contributed by atoms with Crippen LogP contribution in [0.2, 0.25) is 0 Å². The summed E-state index contributed by atoms with van der Waals surface area (Å²) in [5.41, 5.74) is 0.611. The third-order valence-corrected chi connectivity index (χ3v) is 3.45. The number of aliphatic hydroxyl groups is 1. The number of amides is 2. The van der Waals surface area contributed by atoms with Crippen molar-refractivity contribution in [3.05, 3.63) is 29.3 Å². The molecular formula is C14H18N2O4. The quantitative estimate of drug-likeness (QED) is 0.767. The zero-order valence-corrected chi connectivity index (χ0v) is 11.5. The van der Waals surface area contributed by atoms with E-state index in [4.69, 9.17) is 5.11 Å². The first-order valence-corrected chi connectivity index (χ1v) is 6.41. The number of likely N-dealkylation sites (tertiary alicyclic amines) is 1. The first kappa shape index (κ1) is 14.3. The number of benzene rings is 1. The fourth-order valence-corrected chi connectivity index (χ4v) is 2.25. The van der Waals surface area contributed by atoms with Gasteiger partial charge in [0.05, 0.1) is 17.7 Å². The highest BCUT2D eigenvalue weighted by Crippen LogP contribution is 2.22. The zero-order chi connectivity index (χ0) is 14.9. The van der Waals surface area contributed by atoms with E-state index in [1.165, 1.54) is 12.1 Å². The van der Waals surface area contributed by atoms with E-state index in [0.29, 0.717) is 30.8 Å². The van der Waals surface area contributed by atoms with Gasteiger partial charge in [0.25, 0.3) is 0 Å². The van der Waals surface area contributed by atoms with Crippen molar-refractivity contribution in [2.24, 2.45) is 0 Å². The summed E-state index contributed by atoms with van der Waals surface area (Å²) >= 11 is 0. The second-order valence-corrected chi connectivity index (χ2v) is 5.43. The van der Waals surface area contributed by atoms with E-state index >= 15 is 0 Å². The molecule has 0 aromatic heterocycles. The van der Waals surface area contributed by atoms with Crippen LogP contribution in [0.15, 0.2) is 18.2 Å². The Balaban J connectivity index is 2.07. The van der Waals surface area contributed by atoms with Gasteiger partial charge in [-0.3, -0.25) is 0 Å². The molecule has 1 aliphatic rings. The molecule has 3 N–H and O–H groups in total. The van der Waals surface area contributed by atoms with Crippen LogP contribution >= 0.6 is 0 Å². The minimum atomic E-state index is -0.999. The van der Waals surface area contributed by atoms with E-state index < -0.39 is 11.6 Å². The number of aryl methyl sites for hydroxylation is 1. The molecule has 1 aromatic carbocycles. The van der Waals surface area contributed by atoms with Gasteiger partial charge in [0.1, 0.15) is 0 Å². The average Bonchev–Trinajstić information content (AvgIpc) is 2.72. The SMILES string of the molecule is Cc1cc(C(=O)O)ccc1NC(=O)N1CCC(C)(O)C1. The third-order valence-electron chi connectivity index (χ3n) is 3.45. The molecular weight excluding hydrogens is 260 g/mol. The number of carbonyl (C=O) groups is 2. The highest BCUT2D eigenvalue weighted by atomic mass is 16.4. The number of rotatable bonds is 2. The highest BCUT2D eigenvalue weighted by molar-refractivity contribution is 5.92. The van der Waals surface area contributed by atoms with Crippen molar-refractivity contribution in [1.29, 1.82) is 0 Å². The molecule has 2 amide bonds. The Morgan fingerprint density at radius 3 is 2.60 bits per heavy atom. The second-order valence-electron chi connectivity index (χ2n) is 5.43. The molecule has 1 aromatic rings. The minimum absolute atomic E-state index is 0.185. The van der Waals surface area contributed by atoms with Crippen molar-refractivity contribution in [1.82, 2.24) is 4.90 Å². The predicted molar refractivity (Wildman–Crippen MR) is 74.0 cm³/mol. The Hall–Kier alpha value is -2.08. The molecule has 1 fully saturated rings. The Kier molecular flexibility index (Phi) is 3.67. The number of carboxylic acids is 1. The molecule has 0 spiro atoms. The van der Waals surface area contributed by atoms with Crippen molar-refractivity contribution < 1.29 is 19.8 Å². The lowest BCUT2D eigenvalue weighted by Gasteiger charge is -2.20. The smallest absolute Gasteiger partial charge is 0.335 e. The fourth-order valence-electron chi connectivity index (χ4n) is 2.25. The van der Waals surface area contributed by atoms with Gasteiger partial charge in [0.2, 0.25) is 0 Å². The van der Waals surface area contributed by atoms with Gasteiger partial charge in [-0.2, -0.15) is 0 Å². The normalized spacial score (nSPS) is 21.9. The number of hydrogen-bond acceptors (Lipinski definition) is 3. The largest absolute Gasteiger partial charge is 0.478 e. The summed E-state index contributed by atoms with van der Waals surface area (Å²) < 4.78 is 0. The Labute approximate surface area is 117 Å². The molecule has 0 saturated carbocycles. The summed E-state index contributed by atoms with van der Waals surface area (Å²) in [6.07, 6.45) is 0.553. The van der Waals surface area contributed by atoms with Crippen LogP contribution in [0.5, 0.6) is 0 Å². The molecule has 1 atom stereocenters. The highest BCUT2D eigenvalue weighted by Gasteiger charge is 2.34. The van der Waals surface area contributed by atoms with Gasteiger partial charge in [-0.05, 0) is 44.0 Å². The van der Waals surface area contributed by atoms with Gasteiger partial charge in [-0.25, -0.2) is 9.59 Å². The van der Waals surface area contributed by atoms with Crippen LogP contribution in [0.1, 0.15) is 29.3 Å². The van der Waals surface area contributed by atoms with E-state index in [2.05, 4.69) is 5.32 Å². The summed E-state index contributed by atoms with van der Waals surface area (Å²) in [7, 11) is 0. The lowest BCUT2D eigenvalue weighted by Crippen LogP contribution is -2.36. The van der Waals surface area contributed by atoms with Crippen LogP contribution < -0.4 is 5.32 Å². The monoisotopic (exact) mass is 278 g/mol. The van der Waals surface area contributed by atoms with E-state index in [0.717, 1.165) is 0 Å². The van der Waals surface area contributed by atoms with Crippen molar-refractivity contribution >= 4 is 17.7 Å². The van der Waals surface area contributed by atoms with Gasteiger partial charge in [0.15, 0.2) is 0 Å². The number of carboxylic acid groups (broad SMARTS) is 1. The zero-order valence-electron chi connectivity index (χ0n) is 11.5. The molecule has 1 heterocycles. The minimum Gasteiger partial charge on any atom is -0.478 e. The van der Waals surface area contributed by atoms with E-state index in [-0.39, 0.29) is 11.6 Å². The molecule has 1 unspecified atom stereocenters. The number of aromatic carboxylic acids is 1. The van der Waals surface area contributed by atoms with Gasteiger partial charge in [-0.1, -0.05) is 0 Å². The van der Waals surface area contributed by atoms with E-state index in [1.807, 2.05) is 0 Å². The third kappa shape index (κ3) is 3.08. The second kappa shape index (κ2) is 5.13. The summed E-state index contributed by atoms with van der Waals surface area (Å²) in [6, 6.07) is 4.25. The van der Waals surface area contributed by atoms with E-state index in [1.54, 1.807) is 24.8 Å². The number of β-amino-alcohol motifs (C(OH)–C–C–N with tert-alkyl or cyclic N) is 1. The molecule has 108 valence electrons. The maximum atomic E-state index is 12.1. The lowest BCUT2D eigenvalue weighted by atomic mass is 10.1. The Bertz CT molecular complexity index is 554. The van der Waals surface area contributed by atoms with Crippen molar-refractivity contribution in [2.75, 3.05) is 18.4 Å². The molecule has 1 aliphatic heterocycles. The lowest BCUT2D eigenvalue weighted by molar-refractivity contribution is 0.0695. The molecule has 0 radical (unpaired) electrons. The number of nitrogens with zero attached hydrogens (tertiary/aromatic N) is 1. The number of carbonyl (C=O) groups excluding carboxylic acids is 1. The van der Waals surface area contributed by atoms with Crippen molar-refractivity contribution in [3.8, 4) is 0 Å². The molecule has 2 rings (SSSR count). The molecule has 6 nitrogen and oxygen atoms in total. The number of anilines is 1. The van der Waals surface area contributed by atoms with Crippen molar-refractivity contribution in [3.63, 3.8) is 0 Å². The van der Waals surface area contributed by atoms with Crippen LogP contribution in [0.3, 0.4) is 0 Å². The van der Waals surface area contributed by atoms with Crippen LogP contribution in [0.25, 0.3) is 0 Å². The number of hydrogen-bond donors (Lipinski definition) is 3. The summed E-state index contributed by atoms with van der Waals surface area (Å²) in [5.74, 6) is -0.999. The topological polar surface area (TPSA) is 89.9 Å². The van der Waals surface area contributed by atoms with Crippen molar-refractivity contribution in [2.45, 2.75) is 25.9 Å². The first-order valence-electron chi connectivity index (χ1n) is 6.41. The standard InChI is InChI=1S/C14H18N2O4/c1-9-7-10(12(17)18)3-4-11(9)15-13(19)16-6-5-14(2,20)8-16/h3-4,7,20H,5-6,8H2,1-2H3,(H,15,19)(H,17,18). The summed E-state index contributed by atoms with van der Waals surface area (Å²) in [4.78, 5) is 24.5. The predicted octanol–water partition coefficient (Wildman–Crippen LogP) is 1.68. The fraction of sp³-hybridized carbons (Fsp3) is 0.429. The maximum Gasteiger partial charge on any atom is 0.335 e. The number of nitrogens with one attached hydrogen (secondary N) is 1. The first-order chi connectivity index (χ1) is 9.28. The molecule has 1 saturated heterocycles. The van der Waals surface area contributed by atoms with Gasteiger partial charge >= 0.3 is 12.0 Å². The maximum absolute atomic E-state index is 12.1. The summed E-state index contributed by atoms with van der Waals surface area (Å²) in [6.45, 7) is 4.24. The number of urea groups is 1. The van der Waals surface area contributed by atoms with Gasteiger partial charge in [0, 0.05) is 12.2 Å².